The van der Waals surface area contributed by atoms with Gasteiger partial charge < -0.3 is 20.1 Å². The molecule has 2 fully saturated rings. The van der Waals surface area contributed by atoms with E-state index in [1.165, 1.54) is 0 Å². The van der Waals surface area contributed by atoms with Crippen LogP contribution in [0.1, 0.15) is 25.7 Å². The summed E-state index contributed by atoms with van der Waals surface area (Å²) in [6.45, 7) is 3.61. The third kappa shape index (κ3) is 4.61. The molecule has 5 nitrogen and oxygen atoms in total. The first-order chi connectivity index (χ1) is 8.34. The number of hydrogen-bond acceptors (Lipinski definition) is 4. The highest BCUT2D eigenvalue weighted by atomic mass is 16.5. The van der Waals surface area contributed by atoms with Gasteiger partial charge in [-0.1, -0.05) is 0 Å². The van der Waals surface area contributed by atoms with E-state index in [-0.39, 0.29) is 24.7 Å². The molecule has 1 amide bonds. The number of nitrogens with one attached hydrogen (secondary N) is 2. The normalized spacial score (nSPS) is 26.7. The summed E-state index contributed by atoms with van der Waals surface area (Å²) in [5.41, 5.74) is 0. The summed E-state index contributed by atoms with van der Waals surface area (Å²) in [5, 5.41) is 6.26. The number of ether oxygens (including phenoxy) is 2. The van der Waals surface area contributed by atoms with Crippen molar-refractivity contribution in [2.24, 2.45) is 0 Å². The number of amides is 1. The second kappa shape index (κ2) is 6.93. The van der Waals surface area contributed by atoms with Crippen molar-refractivity contribution in [1.29, 1.82) is 0 Å². The molecule has 17 heavy (non-hydrogen) atoms. The molecule has 2 aliphatic heterocycles. The summed E-state index contributed by atoms with van der Waals surface area (Å²) in [5.74, 6) is 0.00229. The SMILES string of the molecule is O=C(CO[C@H]1CCCNC1)NC1CCOCC1. The molecule has 98 valence electrons. The van der Waals surface area contributed by atoms with E-state index in [0.717, 1.165) is 52.0 Å². The minimum absolute atomic E-state index is 0.00229. The van der Waals surface area contributed by atoms with E-state index in [0.29, 0.717) is 0 Å². The van der Waals surface area contributed by atoms with Gasteiger partial charge in [-0.3, -0.25) is 4.79 Å². The van der Waals surface area contributed by atoms with Crippen LogP contribution in [0.25, 0.3) is 0 Å². The lowest BCUT2D eigenvalue weighted by Crippen LogP contribution is -2.42. The summed E-state index contributed by atoms with van der Waals surface area (Å²) in [6, 6.07) is 0.268. The zero-order chi connectivity index (χ0) is 11.9. The van der Waals surface area contributed by atoms with Crippen molar-refractivity contribution in [3.63, 3.8) is 0 Å². The largest absolute Gasteiger partial charge is 0.381 e. The molecule has 2 N–H and O–H groups in total. The van der Waals surface area contributed by atoms with Crippen LogP contribution in [0.15, 0.2) is 0 Å². The van der Waals surface area contributed by atoms with Gasteiger partial charge in [0.15, 0.2) is 0 Å². The molecule has 0 aromatic heterocycles. The standard InChI is InChI=1S/C12H22N2O3/c15-12(14-10-3-6-16-7-4-10)9-17-11-2-1-5-13-8-11/h10-11,13H,1-9H2,(H,14,15)/t11-/m0/s1. The Kier molecular flexibility index (Phi) is 5.22. The lowest BCUT2D eigenvalue weighted by molar-refractivity contribution is -0.129. The van der Waals surface area contributed by atoms with Gasteiger partial charge in [0.25, 0.3) is 0 Å². The van der Waals surface area contributed by atoms with Crippen LogP contribution in [0.4, 0.5) is 0 Å². The third-order valence-electron chi connectivity index (χ3n) is 3.29. The average molecular weight is 242 g/mol. The summed E-state index contributed by atoms with van der Waals surface area (Å²) in [6.07, 6.45) is 4.21. The number of hydrogen-bond donors (Lipinski definition) is 2. The fourth-order valence-corrected chi connectivity index (χ4v) is 2.27. The van der Waals surface area contributed by atoms with Crippen LogP contribution in [0.3, 0.4) is 0 Å². The second-order valence-corrected chi connectivity index (χ2v) is 4.73. The van der Waals surface area contributed by atoms with Gasteiger partial charge in [-0.15, -0.1) is 0 Å². The molecule has 2 rings (SSSR count). The Morgan fingerprint density at radius 3 is 2.88 bits per heavy atom. The predicted octanol–water partition coefficient (Wildman–Crippen LogP) is 0.0502. The van der Waals surface area contributed by atoms with E-state index >= 15 is 0 Å². The highest BCUT2D eigenvalue weighted by Crippen LogP contribution is 2.07. The number of carbonyl (C=O) groups excluding carboxylic acids is 1. The van der Waals surface area contributed by atoms with Crippen LogP contribution in [0, 0.1) is 0 Å². The molecule has 0 aromatic carbocycles. The summed E-state index contributed by atoms with van der Waals surface area (Å²) >= 11 is 0. The lowest BCUT2D eigenvalue weighted by atomic mass is 10.1. The van der Waals surface area contributed by atoms with Crippen LogP contribution in [0.5, 0.6) is 0 Å². The Hall–Kier alpha value is -0.650. The monoisotopic (exact) mass is 242 g/mol. The number of rotatable bonds is 4. The number of piperidine rings is 1. The molecule has 2 heterocycles. The van der Waals surface area contributed by atoms with Crippen molar-refractivity contribution in [2.75, 3.05) is 32.9 Å². The zero-order valence-corrected chi connectivity index (χ0v) is 10.2. The van der Waals surface area contributed by atoms with Gasteiger partial charge in [-0.2, -0.15) is 0 Å². The van der Waals surface area contributed by atoms with Gasteiger partial charge in [-0.05, 0) is 32.2 Å². The Balaban J connectivity index is 1.59. The lowest BCUT2D eigenvalue weighted by Gasteiger charge is -2.25. The first-order valence-corrected chi connectivity index (χ1v) is 6.54. The maximum Gasteiger partial charge on any atom is 0.246 e. The fourth-order valence-electron chi connectivity index (χ4n) is 2.27. The van der Waals surface area contributed by atoms with Gasteiger partial charge in [0.2, 0.25) is 5.91 Å². The van der Waals surface area contributed by atoms with E-state index < -0.39 is 0 Å². The van der Waals surface area contributed by atoms with E-state index in [1.807, 2.05) is 0 Å². The molecular formula is C12H22N2O3. The van der Waals surface area contributed by atoms with Crippen molar-refractivity contribution >= 4 is 5.91 Å². The van der Waals surface area contributed by atoms with Crippen LogP contribution in [-0.2, 0) is 14.3 Å². The molecule has 2 aliphatic rings. The molecule has 0 spiro atoms. The summed E-state index contributed by atoms with van der Waals surface area (Å²) < 4.78 is 10.8. The third-order valence-corrected chi connectivity index (χ3v) is 3.29. The smallest absolute Gasteiger partial charge is 0.246 e. The van der Waals surface area contributed by atoms with Crippen LogP contribution in [-0.4, -0.2) is 51.0 Å². The van der Waals surface area contributed by atoms with Crippen LogP contribution < -0.4 is 10.6 Å². The van der Waals surface area contributed by atoms with E-state index in [9.17, 15) is 4.79 Å². The predicted molar refractivity (Wildman–Crippen MR) is 63.8 cm³/mol. The number of carbonyl (C=O) groups is 1. The molecular weight excluding hydrogens is 220 g/mol. The van der Waals surface area contributed by atoms with Crippen LogP contribution in [0.2, 0.25) is 0 Å². The topological polar surface area (TPSA) is 59.6 Å². The molecule has 2 saturated heterocycles. The summed E-state index contributed by atoms with van der Waals surface area (Å²) in [7, 11) is 0. The van der Waals surface area contributed by atoms with Crippen LogP contribution >= 0.6 is 0 Å². The van der Waals surface area contributed by atoms with E-state index in [4.69, 9.17) is 9.47 Å². The first kappa shape index (κ1) is 12.8. The maximum atomic E-state index is 11.7. The van der Waals surface area contributed by atoms with Gasteiger partial charge >= 0.3 is 0 Å². The Labute approximate surface area is 102 Å². The summed E-state index contributed by atoms with van der Waals surface area (Å²) in [4.78, 5) is 11.7. The van der Waals surface area contributed by atoms with Crippen molar-refractivity contribution in [3.8, 4) is 0 Å². The molecule has 0 aliphatic carbocycles. The van der Waals surface area contributed by atoms with Crippen molar-refractivity contribution in [3.05, 3.63) is 0 Å². The van der Waals surface area contributed by atoms with Gasteiger partial charge in [0, 0.05) is 25.8 Å². The fraction of sp³-hybridized carbons (Fsp3) is 0.917. The Bertz CT molecular complexity index is 236. The maximum absolute atomic E-state index is 11.7. The minimum atomic E-state index is 0.00229. The first-order valence-electron chi connectivity index (χ1n) is 6.54. The average Bonchev–Trinajstić information content (AvgIpc) is 2.39. The van der Waals surface area contributed by atoms with Crippen molar-refractivity contribution in [2.45, 2.75) is 37.8 Å². The molecule has 0 unspecified atom stereocenters. The minimum Gasteiger partial charge on any atom is -0.381 e. The van der Waals surface area contributed by atoms with Crippen molar-refractivity contribution in [1.82, 2.24) is 10.6 Å². The quantitative estimate of drug-likeness (QED) is 0.731. The highest BCUT2D eigenvalue weighted by molar-refractivity contribution is 5.77. The molecule has 5 heteroatoms. The molecule has 0 aromatic rings. The Morgan fingerprint density at radius 2 is 2.18 bits per heavy atom. The zero-order valence-electron chi connectivity index (χ0n) is 10.2. The highest BCUT2D eigenvalue weighted by Gasteiger charge is 2.18. The van der Waals surface area contributed by atoms with Crippen molar-refractivity contribution < 1.29 is 14.3 Å². The van der Waals surface area contributed by atoms with Gasteiger partial charge in [0.1, 0.15) is 6.61 Å². The molecule has 0 radical (unpaired) electrons. The molecule has 1 atom stereocenters. The molecule has 0 saturated carbocycles. The Morgan fingerprint density at radius 1 is 1.35 bits per heavy atom. The van der Waals surface area contributed by atoms with E-state index in [1.54, 1.807) is 0 Å². The van der Waals surface area contributed by atoms with Gasteiger partial charge in [0.05, 0.1) is 6.10 Å². The van der Waals surface area contributed by atoms with E-state index in [2.05, 4.69) is 10.6 Å². The molecule has 0 bridgehead atoms. The second-order valence-electron chi connectivity index (χ2n) is 4.73. The van der Waals surface area contributed by atoms with Gasteiger partial charge in [-0.25, -0.2) is 0 Å².